The van der Waals surface area contributed by atoms with Crippen LogP contribution in [-0.2, 0) is 14.3 Å². The van der Waals surface area contributed by atoms with Crippen molar-refractivity contribution in [2.45, 2.75) is 111 Å². The first-order valence-electron chi connectivity index (χ1n) is 11.7. The van der Waals surface area contributed by atoms with E-state index in [1.54, 1.807) is 0 Å². The number of hydrogen-bond donors (Lipinski definition) is 1. The maximum atomic E-state index is 13.0. The topological polar surface area (TPSA) is 64.6 Å². The Bertz CT molecular complexity index is 546. The molecule has 0 aromatic rings. The van der Waals surface area contributed by atoms with Crippen LogP contribution in [0.15, 0.2) is 0 Å². The van der Waals surface area contributed by atoms with Crippen molar-refractivity contribution in [1.82, 2.24) is 5.32 Å². The van der Waals surface area contributed by atoms with Gasteiger partial charge >= 0.3 is 12.1 Å². The molecule has 0 radical (unpaired) electrons. The highest BCUT2D eigenvalue weighted by Crippen LogP contribution is 2.41. The van der Waals surface area contributed by atoms with E-state index in [-0.39, 0.29) is 17.5 Å². The lowest BCUT2D eigenvalue weighted by Gasteiger charge is -2.39. The molecule has 168 valence electrons. The summed E-state index contributed by atoms with van der Waals surface area (Å²) in [6.07, 6.45) is 8.63. The number of esters is 1. The van der Waals surface area contributed by atoms with Crippen LogP contribution in [0.1, 0.15) is 99.3 Å². The van der Waals surface area contributed by atoms with Crippen LogP contribution >= 0.6 is 0 Å². The van der Waals surface area contributed by atoms with E-state index in [4.69, 9.17) is 9.47 Å². The van der Waals surface area contributed by atoms with Gasteiger partial charge in [-0.2, -0.15) is 0 Å². The van der Waals surface area contributed by atoms with Crippen molar-refractivity contribution in [1.29, 1.82) is 0 Å². The Balaban J connectivity index is 1.97. The second-order valence-electron chi connectivity index (χ2n) is 10.9. The molecular formula is C24H43NO4. The number of ether oxygens (including phenoxy) is 2. The Morgan fingerprint density at radius 2 is 1.76 bits per heavy atom. The summed E-state index contributed by atoms with van der Waals surface area (Å²) in [6, 6.07) is 0. The fourth-order valence-electron chi connectivity index (χ4n) is 5.06. The molecule has 2 aliphatic carbocycles. The van der Waals surface area contributed by atoms with Gasteiger partial charge in [0, 0.05) is 6.54 Å². The van der Waals surface area contributed by atoms with E-state index in [0.717, 1.165) is 38.5 Å². The summed E-state index contributed by atoms with van der Waals surface area (Å²) in [6.45, 7) is 12.8. The number of rotatable bonds is 6. The van der Waals surface area contributed by atoms with E-state index in [2.05, 4.69) is 26.1 Å². The average Bonchev–Trinajstić information content (AvgIpc) is 2.59. The highest BCUT2D eigenvalue weighted by atomic mass is 16.6. The van der Waals surface area contributed by atoms with Crippen molar-refractivity contribution in [3.63, 3.8) is 0 Å². The fraction of sp³-hybridized carbons (Fsp3) is 0.917. The van der Waals surface area contributed by atoms with E-state index in [1.807, 2.05) is 20.8 Å². The predicted octanol–water partition coefficient (Wildman–Crippen LogP) is 5.86. The van der Waals surface area contributed by atoms with Gasteiger partial charge in [0.05, 0.1) is 6.42 Å². The van der Waals surface area contributed by atoms with Crippen LogP contribution in [-0.4, -0.2) is 30.3 Å². The van der Waals surface area contributed by atoms with Gasteiger partial charge in [-0.3, -0.25) is 4.79 Å². The normalized spacial score (nSPS) is 27.3. The molecule has 0 heterocycles. The van der Waals surface area contributed by atoms with Crippen molar-refractivity contribution >= 4 is 12.1 Å². The summed E-state index contributed by atoms with van der Waals surface area (Å²) in [5, 5.41) is 2.92. The molecule has 0 bridgehead atoms. The van der Waals surface area contributed by atoms with E-state index in [1.165, 1.54) is 12.8 Å². The first-order chi connectivity index (χ1) is 13.5. The van der Waals surface area contributed by atoms with Crippen LogP contribution in [0.4, 0.5) is 4.79 Å². The Morgan fingerprint density at radius 1 is 1.10 bits per heavy atom. The minimum Gasteiger partial charge on any atom is -0.462 e. The SMILES string of the molecule is CC(C)[C@H]1CC[C@H](C)C[C@@H]1OC(=O)CC1(CNC(=O)OC(C)(C)C)CCCCC1. The molecule has 0 unspecified atom stereocenters. The van der Waals surface area contributed by atoms with Crippen LogP contribution in [0.5, 0.6) is 0 Å². The second kappa shape index (κ2) is 10.2. The van der Waals surface area contributed by atoms with Crippen molar-refractivity contribution in [3.05, 3.63) is 0 Å². The van der Waals surface area contributed by atoms with Gasteiger partial charge < -0.3 is 14.8 Å². The zero-order valence-electron chi connectivity index (χ0n) is 19.5. The lowest BCUT2D eigenvalue weighted by atomic mass is 9.71. The molecule has 3 atom stereocenters. The minimum atomic E-state index is -0.522. The molecular weight excluding hydrogens is 366 g/mol. The fourth-order valence-corrected chi connectivity index (χ4v) is 5.06. The van der Waals surface area contributed by atoms with Gasteiger partial charge in [-0.1, -0.05) is 46.5 Å². The molecule has 1 amide bonds. The molecule has 0 spiro atoms. The van der Waals surface area contributed by atoms with Crippen LogP contribution in [0.25, 0.3) is 0 Å². The number of nitrogens with one attached hydrogen (secondary N) is 1. The van der Waals surface area contributed by atoms with Crippen LogP contribution in [0, 0.1) is 23.2 Å². The lowest BCUT2D eigenvalue weighted by molar-refractivity contribution is -0.159. The third-order valence-electron chi connectivity index (χ3n) is 6.68. The summed E-state index contributed by atoms with van der Waals surface area (Å²) >= 11 is 0. The molecule has 29 heavy (non-hydrogen) atoms. The Labute approximate surface area is 177 Å². The molecule has 1 N–H and O–H groups in total. The predicted molar refractivity (Wildman–Crippen MR) is 116 cm³/mol. The van der Waals surface area contributed by atoms with Crippen molar-refractivity contribution in [2.24, 2.45) is 23.2 Å². The van der Waals surface area contributed by atoms with E-state index < -0.39 is 11.7 Å². The first-order valence-corrected chi connectivity index (χ1v) is 11.7. The van der Waals surface area contributed by atoms with E-state index >= 15 is 0 Å². The van der Waals surface area contributed by atoms with Gasteiger partial charge in [0.15, 0.2) is 0 Å². The molecule has 5 heteroatoms. The zero-order chi connectivity index (χ0) is 21.7. The summed E-state index contributed by atoms with van der Waals surface area (Å²) in [7, 11) is 0. The van der Waals surface area contributed by atoms with Crippen molar-refractivity contribution in [3.8, 4) is 0 Å². The van der Waals surface area contributed by atoms with Crippen LogP contribution < -0.4 is 5.32 Å². The second-order valence-corrected chi connectivity index (χ2v) is 10.9. The molecule has 2 saturated carbocycles. The zero-order valence-corrected chi connectivity index (χ0v) is 19.5. The average molecular weight is 410 g/mol. The molecule has 2 aliphatic rings. The Hall–Kier alpha value is -1.26. The van der Waals surface area contributed by atoms with Gasteiger partial charge in [0.1, 0.15) is 11.7 Å². The Kier molecular flexibility index (Phi) is 8.42. The van der Waals surface area contributed by atoms with Crippen LogP contribution in [0.3, 0.4) is 0 Å². The number of amides is 1. The summed E-state index contributed by atoms with van der Waals surface area (Å²) in [4.78, 5) is 25.1. The van der Waals surface area contributed by atoms with Gasteiger partial charge in [-0.25, -0.2) is 4.79 Å². The third kappa shape index (κ3) is 7.82. The van der Waals surface area contributed by atoms with Crippen molar-refractivity contribution < 1.29 is 19.1 Å². The number of carbonyl (C=O) groups is 2. The maximum absolute atomic E-state index is 13.0. The van der Waals surface area contributed by atoms with Gasteiger partial charge in [-0.05, 0) is 69.6 Å². The first kappa shape index (κ1) is 24.0. The third-order valence-corrected chi connectivity index (χ3v) is 6.68. The van der Waals surface area contributed by atoms with Crippen LogP contribution in [0.2, 0.25) is 0 Å². The van der Waals surface area contributed by atoms with E-state index in [0.29, 0.717) is 30.7 Å². The monoisotopic (exact) mass is 409 g/mol. The minimum absolute atomic E-state index is 0.0331. The van der Waals surface area contributed by atoms with Gasteiger partial charge in [0.25, 0.3) is 0 Å². The van der Waals surface area contributed by atoms with Gasteiger partial charge in [0.2, 0.25) is 0 Å². The quantitative estimate of drug-likeness (QED) is 0.558. The van der Waals surface area contributed by atoms with Crippen molar-refractivity contribution in [2.75, 3.05) is 6.54 Å². The number of carbonyl (C=O) groups excluding carboxylic acids is 2. The summed E-state index contributed by atoms with van der Waals surface area (Å²) < 4.78 is 11.5. The molecule has 0 aliphatic heterocycles. The molecule has 0 saturated heterocycles. The molecule has 2 fully saturated rings. The lowest BCUT2D eigenvalue weighted by Crippen LogP contribution is -2.43. The highest BCUT2D eigenvalue weighted by molar-refractivity contribution is 5.71. The highest BCUT2D eigenvalue weighted by Gasteiger charge is 2.38. The summed E-state index contributed by atoms with van der Waals surface area (Å²) in [5.41, 5.74) is -0.730. The maximum Gasteiger partial charge on any atom is 0.407 e. The smallest absolute Gasteiger partial charge is 0.407 e. The molecule has 0 aromatic heterocycles. The largest absolute Gasteiger partial charge is 0.462 e. The molecule has 0 aromatic carbocycles. The Morgan fingerprint density at radius 3 is 2.34 bits per heavy atom. The van der Waals surface area contributed by atoms with E-state index in [9.17, 15) is 9.59 Å². The molecule has 2 rings (SSSR count). The molecule has 5 nitrogen and oxygen atoms in total. The number of hydrogen-bond acceptors (Lipinski definition) is 4. The van der Waals surface area contributed by atoms with Gasteiger partial charge in [-0.15, -0.1) is 0 Å². The number of alkyl carbamates (subject to hydrolysis) is 1. The summed E-state index contributed by atoms with van der Waals surface area (Å²) in [5.74, 6) is 1.50. The standard InChI is InChI=1S/C24H43NO4/c1-17(2)19-11-10-18(3)14-20(19)28-21(26)15-24(12-8-7-9-13-24)16-25-22(27)29-23(4,5)6/h17-20H,7-16H2,1-6H3,(H,25,27)/t18-,19+,20-/m0/s1.